The van der Waals surface area contributed by atoms with Crippen LogP contribution >= 0.6 is 23.7 Å². The highest BCUT2D eigenvalue weighted by Crippen LogP contribution is 2.31. The molecule has 1 aromatic carbocycles. The molecule has 0 saturated heterocycles. The van der Waals surface area contributed by atoms with E-state index in [9.17, 15) is 4.79 Å². The van der Waals surface area contributed by atoms with E-state index in [0.717, 1.165) is 28.3 Å². The summed E-state index contributed by atoms with van der Waals surface area (Å²) in [5.41, 5.74) is 2.64. The molecule has 0 aliphatic heterocycles. The smallest absolute Gasteiger partial charge is 0.280 e. The third-order valence-electron chi connectivity index (χ3n) is 4.05. The number of aromatic nitrogens is 3. The number of nitrogens with zero attached hydrogens (tertiary/aromatic N) is 5. The summed E-state index contributed by atoms with van der Waals surface area (Å²) in [6, 6.07) is 7.95. The SMILES string of the molecule is CCc1cccc2sc(N(CCN(C)C)C(=O)c3ccn(C)n3)nc12.Cl. The number of carbonyl (C=O) groups is 1. The maximum Gasteiger partial charge on any atom is 0.280 e. The molecule has 0 aliphatic rings. The lowest BCUT2D eigenvalue weighted by molar-refractivity contribution is 0.0979. The predicted octanol–water partition coefficient (Wildman–Crippen LogP) is 3.22. The summed E-state index contributed by atoms with van der Waals surface area (Å²) < 4.78 is 2.75. The number of hydrogen-bond donors (Lipinski definition) is 0. The minimum atomic E-state index is -0.112. The third kappa shape index (κ3) is 4.23. The minimum absolute atomic E-state index is 0. The average Bonchev–Trinajstić information content (AvgIpc) is 3.20. The van der Waals surface area contributed by atoms with E-state index in [1.54, 1.807) is 33.2 Å². The zero-order valence-corrected chi connectivity index (χ0v) is 17.1. The Labute approximate surface area is 163 Å². The molecule has 2 aromatic heterocycles. The first-order valence-electron chi connectivity index (χ1n) is 8.34. The number of carbonyl (C=O) groups excluding carboxylic acids is 1. The topological polar surface area (TPSA) is 54.3 Å². The molecule has 6 nitrogen and oxygen atoms in total. The van der Waals surface area contributed by atoms with Crippen molar-refractivity contribution < 1.29 is 4.79 Å². The van der Waals surface area contributed by atoms with Crippen molar-refractivity contribution in [3.63, 3.8) is 0 Å². The number of benzene rings is 1. The first-order valence-corrected chi connectivity index (χ1v) is 9.16. The second kappa shape index (κ2) is 8.62. The van der Waals surface area contributed by atoms with E-state index in [-0.39, 0.29) is 18.3 Å². The molecule has 0 atom stereocenters. The number of fused-ring (bicyclic) bond motifs is 1. The number of halogens is 1. The summed E-state index contributed by atoms with van der Waals surface area (Å²) >= 11 is 1.56. The normalized spacial score (nSPS) is 11.0. The Morgan fingerprint density at radius 1 is 1.23 bits per heavy atom. The molecule has 0 spiro atoms. The summed E-state index contributed by atoms with van der Waals surface area (Å²) in [6.07, 6.45) is 2.71. The molecule has 1 amide bonds. The fourth-order valence-corrected chi connectivity index (χ4v) is 3.68. The van der Waals surface area contributed by atoms with Gasteiger partial charge in [-0.05, 0) is 38.2 Å². The van der Waals surface area contributed by atoms with Gasteiger partial charge in [0.05, 0.1) is 10.2 Å². The maximum atomic E-state index is 13.0. The van der Waals surface area contributed by atoms with Crippen molar-refractivity contribution in [3.05, 3.63) is 41.7 Å². The lowest BCUT2D eigenvalue weighted by atomic mass is 10.1. The van der Waals surface area contributed by atoms with Gasteiger partial charge in [-0.15, -0.1) is 12.4 Å². The molecule has 0 aliphatic carbocycles. The van der Waals surface area contributed by atoms with Gasteiger partial charge in [-0.3, -0.25) is 14.4 Å². The molecule has 0 unspecified atom stereocenters. The molecule has 0 bridgehead atoms. The Balaban J connectivity index is 0.00000243. The van der Waals surface area contributed by atoms with Gasteiger partial charge in [-0.1, -0.05) is 30.4 Å². The van der Waals surface area contributed by atoms with E-state index < -0.39 is 0 Å². The van der Waals surface area contributed by atoms with Gasteiger partial charge in [0.2, 0.25) is 0 Å². The van der Waals surface area contributed by atoms with Crippen molar-refractivity contribution in [3.8, 4) is 0 Å². The van der Waals surface area contributed by atoms with Gasteiger partial charge in [-0.2, -0.15) is 5.10 Å². The zero-order valence-electron chi connectivity index (χ0n) is 15.5. The molecule has 0 fully saturated rings. The van der Waals surface area contributed by atoms with E-state index >= 15 is 0 Å². The van der Waals surface area contributed by atoms with Crippen molar-refractivity contribution in [2.75, 3.05) is 32.1 Å². The van der Waals surface area contributed by atoms with Gasteiger partial charge in [0.15, 0.2) is 10.8 Å². The number of aryl methyl sites for hydroxylation is 2. The van der Waals surface area contributed by atoms with Crippen LogP contribution in [0.3, 0.4) is 0 Å². The second-order valence-electron chi connectivity index (χ2n) is 6.25. The largest absolute Gasteiger partial charge is 0.308 e. The quantitative estimate of drug-likeness (QED) is 0.645. The fourth-order valence-electron chi connectivity index (χ4n) is 2.65. The van der Waals surface area contributed by atoms with Crippen molar-refractivity contribution >= 4 is 45.0 Å². The Morgan fingerprint density at radius 3 is 2.62 bits per heavy atom. The first-order chi connectivity index (χ1) is 12.0. The monoisotopic (exact) mass is 393 g/mol. The maximum absolute atomic E-state index is 13.0. The number of para-hydroxylation sites is 1. The van der Waals surface area contributed by atoms with Crippen LogP contribution in [0.1, 0.15) is 23.0 Å². The van der Waals surface area contributed by atoms with Crippen LogP contribution < -0.4 is 4.90 Å². The lowest BCUT2D eigenvalue weighted by Crippen LogP contribution is -2.37. The molecule has 140 valence electrons. The molecule has 2 heterocycles. The van der Waals surface area contributed by atoms with Gasteiger partial charge in [-0.25, -0.2) is 4.98 Å². The standard InChI is InChI=1S/C18H23N5OS.ClH/c1-5-13-7-6-8-15-16(13)19-18(25-15)23(12-11-21(2)3)17(24)14-9-10-22(4)20-14;/h6-10H,5,11-12H2,1-4H3;1H. The van der Waals surface area contributed by atoms with Gasteiger partial charge < -0.3 is 4.90 Å². The number of thiazole rings is 1. The molecule has 0 N–H and O–H groups in total. The molecule has 0 radical (unpaired) electrons. The van der Waals surface area contributed by atoms with Crippen LogP contribution in [0.15, 0.2) is 30.5 Å². The van der Waals surface area contributed by atoms with Crippen LogP contribution in [0, 0.1) is 0 Å². The average molecular weight is 394 g/mol. The fraction of sp³-hybridized carbons (Fsp3) is 0.389. The predicted molar refractivity (Wildman–Crippen MR) is 110 cm³/mol. The Kier molecular flexibility index (Phi) is 6.75. The van der Waals surface area contributed by atoms with Gasteiger partial charge in [0.25, 0.3) is 5.91 Å². The van der Waals surface area contributed by atoms with Crippen LogP contribution in [0.4, 0.5) is 5.13 Å². The summed E-state index contributed by atoms with van der Waals surface area (Å²) in [7, 11) is 5.81. The zero-order chi connectivity index (χ0) is 18.0. The van der Waals surface area contributed by atoms with Gasteiger partial charge in [0, 0.05) is 26.3 Å². The van der Waals surface area contributed by atoms with Crippen LogP contribution in [-0.4, -0.2) is 52.8 Å². The first kappa shape index (κ1) is 20.4. The van der Waals surface area contributed by atoms with Crippen molar-refractivity contribution in [1.29, 1.82) is 0 Å². The highest BCUT2D eigenvalue weighted by Gasteiger charge is 2.23. The molecule has 3 aromatic rings. The molecular formula is C18H24ClN5OS. The Hall–Kier alpha value is -1.96. The number of hydrogen-bond acceptors (Lipinski definition) is 5. The Morgan fingerprint density at radius 2 is 2.00 bits per heavy atom. The van der Waals surface area contributed by atoms with Crippen LogP contribution in [-0.2, 0) is 13.5 Å². The van der Waals surface area contributed by atoms with E-state index in [1.807, 2.05) is 27.2 Å². The van der Waals surface area contributed by atoms with Crippen LogP contribution in [0.2, 0.25) is 0 Å². The molecule has 26 heavy (non-hydrogen) atoms. The second-order valence-corrected chi connectivity index (χ2v) is 7.26. The van der Waals surface area contributed by atoms with Crippen molar-refractivity contribution in [1.82, 2.24) is 19.7 Å². The van der Waals surface area contributed by atoms with Crippen LogP contribution in [0.25, 0.3) is 10.2 Å². The number of anilines is 1. The van der Waals surface area contributed by atoms with E-state index in [2.05, 4.69) is 29.1 Å². The molecule has 8 heteroatoms. The highest BCUT2D eigenvalue weighted by molar-refractivity contribution is 7.22. The summed E-state index contributed by atoms with van der Waals surface area (Å²) in [5.74, 6) is -0.112. The van der Waals surface area contributed by atoms with E-state index in [1.165, 1.54) is 5.56 Å². The van der Waals surface area contributed by atoms with Crippen LogP contribution in [0.5, 0.6) is 0 Å². The molecule has 0 saturated carbocycles. The van der Waals surface area contributed by atoms with Gasteiger partial charge >= 0.3 is 0 Å². The highest BCUT2D eigenvalue weighted by atomic mass is 35.5. The summed E-state index contributed by atoms with van der Waals surface area (Å²) in [5, 5.41) is 4.99. The minimum Gasteiger partial charge on any atom is -0.308 e. The third-order valence-corrected chi connectivity index (χ3v) is 5.10. The lowest BCUT2D eigenvalue weighted by Gasteiger charge is -2.21. The number of likely N-dealkylation sites (N-methyl/N-ethyl adjacent to an activating group) is 1. The van der Waals surface area contributed by atoms with Crippen molar-refractivity contribution in [2.45, 2.75) is 13.3 Å². The number of rotatable bonds is 6. The van der Waals surface area contributed by atoms with E-state index in [4.69, 9.17) is 4.98 Å². The summed E-state index contributed by atoms with van der Waals surface area (Å²) in [4.78, 5) is 21.6. The van der Waals surface area contributed by atoms with E-state index in [0.29, 0.717) is 12.2 Å². The number of amides is 1. The summed E-state index contributed by atoms with van der Waals surface area (Å²) in [6.45, 7) is 3.45. The van der Waals surface area contributed by atoms with Crippen molar-refractivity contribution in [2.24, 2.45) is 7.05 Å². The van der Waals surface area contributed by atoms with Gasteiger partial charge in [0.1, 0.15) is 0 Å². The Bertz CT molecular complexity index is 889. The molecule has 3 rings (SSSR count). The molecular weight excluding hydrogens is 370 g/mol.